The smallest absolute Gasteiger partial charge is 0.274 e. The highest BCUT2D eigenvalue weighted by Gasteiger charge is 2.26. The number of carbonyl (C=O) groups excluding carboxylic acids is 2. The summed E-state index contributed by atoms with van der Waals surface area (Å²) in [5.41, 5.74) is 7.64. The molecule has 1 fully saturated rings. The highest BCUT2D eigenvalue weighted by molar-refractivity contribution is 5.95. The lowest BCUT2D eigenvalue weighted by molar-refractivity contribution is 0.0532. The molecule has 0 unspecified atom stereocenters. The zero-order valence-electron chi connectivity index (χ0n) is 14.2. The molecule has 0 bridgehead atoms. The Labute approximate surface area is 146 Å². The summed E-state index contributed by atoms with van der Waals surface area (Å²) in [5.74, 6) is 0.0926. The van der Waals surface area contributed by atoms with Crippen molar-refractivity contribution in [1.29, 1.82) is 0 Å². The van der Waals surface area contributed by atoms with Crippen molar-refractivity contribution in [1.82, 2.24) is 19.8 Å². The van der Waals surface area contributed by atoms with Gasteiger partial charge in [-0.25, -0.2) is 9.97 Å². The SMILES string of the molecule is CCc1ccc(C(=O)N2CCN(C(=O)c3cnc(N)cn3)CC2)cc1. The summed E-state index contributed by atoms with van der Waals surface area (Å²) in [4.78, 5) is 36.3. The number of hydrogen-bond donors (Lipinski definition) is 1. The van der Waals surface area contributed by atoms with Crippen LogP contribution in [0.4, 0.5) is 5.82 Å². The van der Waals surface area contributed by atoms with Crippen molar-refractivity contribution in [3.63, 3.8) is 0 Å². The summed E-state index contributed by atoms with van der Waals surface area (Å²) in [5, 5.41) is 0. The Bertz CT molecular complexity index is 750. The van der Waals surface area contributed by atoms with E-state index >= 15 is 0 Å². The molecule has 7 nitrogen and oxygen atoms in total. The Kier molecular flexibility index (Phi) is 4.92. The van der Waals surface area contributed by atoms with Gasteiger partial charge in [0.2, 0.25) is 0 Å². The molecule has 130 valence electrons. The lowest BCUT2D eigenvalue weighted by atomic mass is 10.1. The van der Waals surface area contributed by atoms with E-state index in [1.807, 2.05) is 24.3 Å². The highest BCUT2D eigenvalue weighted by atomic mass is 16.2. The van der Waals surface area contributed by atoms with E-state index in [9.17, 15) is 9.59 Å². The average Bonchev–Trinajstić information content (AvgIpc) is 2.67. The summed E-state index contributed by atoms with van der Waals surface area (Å²) in [7, 11) is 0. The number of aromatic nitrogens is 2. The molecule has 3 rings (SSSR count). The Balaban J connectivity index is 1.60. The fourth-order valence-corrected chi connectivity index (χ4v) is 2.79. The van der Waals surface area contributed by atoms with Crippen LogP contribution in [0.25, 0.3) is 0 Å². The number of carbonyl (C=O) groups is 2. The van der Waals surface area contributed by atoms with Gasteiger partial charge in [-0.15, -0.1) is 0 Å². The molecule has 7 heteroatoms. The molecule has 0 spiro atoms. The molecule has 2 aromatic rings. The normalized spacial score (nSPS) is 14.4. The number of anilines is 1. The van der Waals surface area contributed by atoms with Gasteiger partial charge in [-0.2, -0.15) is 0 Å². The standard InChI is InChI=1S/C18H21N5O2/c1-2-13-3-5-14(6-4-13)17(24)22-7-9-23(10-8-22)18(25)15-11-21-16(19)12-20-15/h3-6,11-12H,2,7-10H2,1H3,(H2,19,21). The van der Waals surface area contributed by atoms with Gasteiger partial charge in [-0.05, 0) is 24.1 Å². The third kappa shape index (κ3) is 3.76. The molecule has 0 radical (unpaired) electrons. The van der Waals surface area contributed by atoms with Gasteiger partial charge in [-0.3, -0.25) is 9.59 Å². The van der Waals surface area contributed by atoms with E-state index < -0.39 is 0 Å². The third-order valence-electron chi connectivity index (χ3n) is 4.35. The second-order valence-corrected chi connectivity index (χ2v) is 5.96. The maximum absolute atomic E-state index is 12.6. The predicted octanol–water partition coefficient (Wildman–Crippen LogP) is 1.22. The number of rotatable bonds is 3. The maximum atomic E-state index is 12.6. The van der Waals surface area contributed by atoms with Crippen molar-refractivity contribution in [2.24, 2.45) is 0 Å². The molecule has 25 heavy (non-hydrogen) atoms. The number of hydrogen-bond acceptors (Lipinski definition) is 5. The lowest BCUT2D eigenvalue weighted by Gasteiger charge is -2.34. The van der Waals surface area contributed by atoms with E-state index in [-0.39, 0.29) is 23.3 Å². The summed E-state index contributed by atoms with van der Waals surface area (Å²) in [6.45, 7) is 4.04. The van der Waals surface area contributed by atoms with E-state index in [2.05, 4.69) is 16.9 Å². The zero-order chi connectivity index (χ0) is 17.8. The van der Waals surface area contributed by atoms with Crippen LogP contribution in [-0.2, 0) is 6.42 Å². The average molecular weight is 339 g/mol. The van der Waals surface area contributed by atoms with Gasteiger partial charge in [0, 0.05) is 31.7 Å². The van der Waals surface area contributed by atoms with E-state index in [1.54, 1.807) is 9.80 Å². The first-order chi connectivity index (χ1) is 12.1. The highest BCUT2D eigenvalue weighted by Crippen LogP contribution is 2.12. The molecule has 1 saturated heterocycles. The number of nitrogen functional groups attached to an aromatic ring is 1. The summed E-state index contributed by atoms with van der Waals surface area (Å²) in [6, 6.07) is 7.69. The molecule has 1 aliphatic rings. The summed E-state index contributed by atoms with van der Waals surface area (Å²) in [6.07, 6.45) is 3.70. The van der Waals surface area contributed by atoms with Crippen molar-refractivity contribution in [3.8, 4) is 0 Å². The molecular formula is C18H21N5O2. The quantitative estimate of drug-likeness (QED) is 0.908. The fraction of sp³-hybridized carbons (Fsp3) is 0.333. The molecule has 2 N–H and O–H groups in total. The van der Waals surface area contributed by atoms with Gasteiger partial charge in [0.25, 0.3) is 11.8 Å². The number of nitrogens with two attached hydrogens (primary N) is 1. The minimum atomic E-state index is -0.188. The molecule has 2 amide bonds. The van der Waals surface area contributed by atoms with Crippen LogP contribution in [0.1, 0.15) is 33.3 Å². The lowest BCUT2D eigenvalue weighted by Crippen LogP contribution is -2.50. The summed E-state index contributed by atoms with van der Waals surface area (Å²) < 4.78 is 0. The first kappa shape index (κ1) is 16.9. The van der Waals surface area contributed by atoms with Gasteiger partial charge in [0.15, 0.2) is 0 Å². The summed E-state index contributed by atoms with van der Waals surface area (Å²) >= 11 is 0. The van der Waals surface area contributed by atoms with E-state index in [0.29, 0.717) is 31.7 Å². The number of nitrogens with zero attached hydrogens (tertiary/aromatic N) is 4. The van der Waals surface area contributed by atoms with E-state index in [1.165, 1.54) is 18.0 Å². The fourth-order valence-electron chi connectivity index (χ4n) is 2.79. The van der Waals surface area contributed by atoms with Crippen LogP contribution >= 0.6 is 0 Å². The molecule has 0 aliphatic carbocycles. The van der Waals surface area contributed by atoms with Crippen molar-refractivity contribution in [3.05, 3.63) is 53.5 Å². The van der Waals surface area contributed by atoms with E-state index in [0.717, 1.165) is 6.42 Å². The molecule has 1 aromatic carbocycles. The molecular weight excluding hydrogens is 318 g/mol. The van der Waals surface area contributed by atoms with Crippen molar-refractivity contribution >= 4 is 17.6 Å². The van der Waals surface area contributed by atoms with Crippen molar-refractivity contribution in [2.75, 3.05) is 31.9 Å². The Hall–Kier alpha value is -2.96. The van der Waals surface area contributed by atoms with Crippen LogP contribution in [0.2, 0.25) is 0 Å². The molecule has 1 aliphatic heterocycles. The van der Waals surface area contributed by atoms with Gasteiger partial charge >= 0.3 is 0 Å². The van der Waals surface area contributed by atoms with E-state index in [4.69, 9.17) is 5.73 Å². The van der Waals surface area contributed by atoms with Crippen LogP contribution in [0.15, 0.2) is 36.7 Å². The first-order valence-electron chi connectivity index (χ1n) is 8.33. The number of amides is 2. The number of benzene rings is 1. The minimum Gasteiger partial charge on any atom is -0.382 e. The van der Waals surface area contributed by atoms with Crippen molar-refractivity contribution < 1.29 is 9.59 Å². The first-order valence-corrected chi connectivity index (χ1v) is 8.33. The Morgan fingerprint density at radius 3 is 2.08 bits per heavy atom. The zero-order valence-corrected chi connectivity index (χ0v) is 14.2. The monoisotopic (exact) mass is 339 g/mol. The van der Waals surface area contributed by atoms with Crippen LogP contribution in [0.5, 0.6) is 0 Å². The Morgan fingerprint density at radius 1 is 0.960 bits per heavy atom. The van der Waals surface area contributed by atoms with Crippen LogP contribution in [-0.4, -0.2) is 57.8 Å². The minimum absolute atomic E-state index is 0.00188. The van der Waals surface area contributed by atoms with Gasteiger partial charge in [-0.1, -0.05) is 19.1 Å². The molecule has 0 saturated carbocycles. The molecule has 2 heterocycles. The maximum Gasteiger partial charge on any atom is 0.274 e. The Morgan fingerprint density at radius 2 is 1.56 bits per heavy atom. The van der Waals surface area contributed by atoms with Crippen LogP contribution in [0, 0.1) is 0 Å². The number of piperazine rings is 1. The second-order valence-electron chi connectivity index (χ2n) is 5.96. The topological polar surface area (TPSA) is 92.4 Å². The van der Waals surface area contributed by atoms with Gasteiger partial charge in [0.1, 0.15) is 11.5 Å². The van der Waals surface area contributed by atoms with Crippen LogP contribution in [0.3, 0.4) is 0 Å². The number of aryl methyl sites for hydroxylation is 1. The van der Waals surface area contributed by atoms with Gasteiger partial charge < -0.3 is 15.5 Å². The largest absolute Gasteiger partial charge is 0.382 e. The molecule has 0 atom stereocenters. The van der Waals surface area contributed by atoms with Gasteiger partial charge in [0.05, 0.1) is 12.4 Å². The molecule has 1 aromatic heterocycles. The van der Waals surface area contributed by atoms with Crippen molar-refractivity contribution in [2.45, 2.75) is 13.3 Å². The third-order valence-corrected chi connectivity index (χ3v) is 4.35. The van der Waals surface area contributed by atoms with Crippen LogP contribution < -0.4 is 5.73 Å². The predicted molar refractivity (Wildman–Crippen MR) is 94.1 cm³/mol. The second kappa shape index (κ2) is 7.29.